The number of benzene rings is 3. The van der Waals surface area contributed by atoms with Crippen molar-refractivity contribution in [1.82, 2.24) is 4.98 Å². The van der Waals surface area contributed by atoms with Crippen molar-refractivity contribution >= 4 is 16.8 Å². The Balaban J connectivity index is 0.000000444. The molecule has 5 aromatic rings. The molecule has 0 fully saturated rings. The predicted octanol–water partition coefficient (Wildman–Crippen LogP) is 8.10. The molecule has 0 bridgehead atoms. The normalized spacial score (nSPS) is 11.4. The first kappa shape index (κ1) is 29.2. The van der Waals surface area contributed by atoms with Gasteiger partial charge in [-0.05, 0) is 48.7 Å². The average molecular weight is 683 g/mol. The van der Waals surface area contributed by atoms with E-state index in [0.717, 1.165) is 39.1 Å². The zero-order chi connectivity index (χ0) is 26.4. The van der Waals surface area contributed by atoms with Crippen LogP contribution in [0.15, 0.2) is 95.5 Å². The van der Waals surface area contributed by atoms with E-state index in [-0.39, 0.29) is 32.3 Å². The largest absolute Gasteiger partial charge is 0.457 e. The molecule has 1 radical (unpaired) electrons. The van der Waals surface area contributed by atoms with Gasteiger partial charge in [0.15, 0.2) is 0 Å². The standard InChI is InChI=1S/C28H22NO.C5H10O2.Ir/c1-19(2)20-11-13-22(14-12-20)27-16-25-18-29-26(17-28(25)30-27)24-10-6-9-23(15-24)21-7-4-3-5-8-21;1-4(6)3-5(2)7;/h3-9,11-19H,1-2H3;4,6H,3H2,1-2H3;/q-1;;. The first-order valence-electron chi connectivity index (χ1n) is 12.5. The Hall–Kier alpha value is -3.37. The summed E-state index contributed by atoms with van der Waals surface area (Å²) in [5, 5.41) is 9.50. The van der Waals surface area contributed by atoms with E-state index < -0.39 is 6.10 Å². The molecule has 0 saturated heterocycles. The summed E-state index contributed by atoms with van der Waals surface area (Å²) in [7, 11) is 0. The fraction of sp³-hybridized carbons (Fsp3) is 0.212. The summed E-state index contributed by atoms with van der Waals surface area (Å²) < 4.78 is 6.18. The van der Waals surface area contributed by atoms with Crippen molar-refractivity contribution in [3.8, 4) is 33.7 Å². The molecule has 0 saturated carbocycles. The number of carbonyl (C=O) groups is 1. The van der Waals surface area contributed by atoms with Crippen LogP contribution in [0.2, 0.25) is 0 Å². The molecule has 0 spiro atoms. The number of nitrogens with zero attached hydrogens (tertiary/aromatic N) is 1. The van der Waals surface area contributed by atoms with Gasteiger partial charge in [0.05, 0.1) is 6.10 Å². The molecule has 197 valence electrons. The zero-order valence-corrected chi connectivity index (χ0v) is 24.5. The molecule has 0 aliphatic carbocycles. The van der Waals surface area contributed by atoms with Crippen LogP contribution < -0.4 is 0 Å². The van der Waals surface area contributed by atoms with Gasteiger partial charge in [0, 0.05) is 43.7 Å². The number of hydrogen-bond donors (Lipinski definition) is 1. The first-order valence-corrected chi connectivity index (χ1v) is 12.5. The third kappa shape index (κ3) is 7.58. The summed E-state index contributed by atoms with van der Waals surface area (Å²) in [5.41, 5.74) is 7.38. The van der Waals surface area contributed by atoms with Crippen molar-refractivity contribution in [3.63, 3.8) is 0 Å². The fourth-order valence-electron chi connectivity index (χ4n) is 4.10. The van der Waals surface area contributed by atoms with Gasteiger partial charge in [0.1, 0.15) is 17.1 Å². The van der Waals surface area contributed by atoms with E-state index in [1.54, 1.807) is 6.92 Å². The molecule has 38 heavy (non-hydrogen) atoms. The van der Waals surface area contributed by atoms with Crippen molar-refractivity contribution in [2.24, 2.45) is 0 Å². The molecular formula is C33H32IrNO3-. The van der Waals surface area contributed by atoms with Crippen molar-refractivity contribution in [3.05, 3.63) is 103 Å². The number of rotatable bonds is 6. The Bertz CT molecular complexity index is 1470. The number of pyridine rings is 1. The van der Waals surface area contributed by atoms with Crippen LogP contribution in [0.3, 0.4) is 0 Å². The van der Waals surface area contributed by atoms with Gasteiger partial charge < -0.3 is 14.5 Å². The molecule has 1 N–H and O–H groups in total. The van der Waals surface area contributed by atoms with Gasteiger partial charge in [0.25, 0.3) is 0 Å². The van der Waals surface area contributed by atoms with Crippen LogP contribution >= 0.6 is 0 Å². The number of hydrogen-bond acceptors (Lipinski definition) is 4. The molecule has 0 amide bonds. The molecule has 5 heteroatoms. The molecule has 2 heterocycles. The van der Waals surface area contributed by atoms with Crippen LogP contribution in [-0.4, -0.2) is 22.0 Å². The van der Waals surface area contributed by atoms with Crippen LogP contribution in [0.25, 0.3) is 44.7 Å². The van der Waals surface area contributed by atoms with Gasteiger partial charge in [-0.3, -0.25) is 4.79 Å². The molecular weight excluding hydrogens is 651 g/mol. The van der Waals surface area contributed by atoms with E-state index in [1.165, 1.54) is 18.1 Å². The molecule has 1 atom stereocenters. The number of aliphatic hydroxyl groups excluding tert-OH is 1. The van der Waals surface area contributed by atoms with Crippen LogP contribution in [-0.2, 0) is 24.9 Å². The van der Waals surface area contributed by atoms with Gasteiger partial charge in [-0.15, -0.1) is 35.4 Å². The third-order valence-corrected chi connectivity index (χ3v) is 6.03. The Labute approximate surface area is 238 Å². The SMILES string of the molecule is CC(=O)CC(C)O.CC(C)c1ccc(-c2cc3cnc(-c4[c-]ccc(-c5ccccc5)c4)cc3o2)cc1.[Ir]. The number of furan rings is 1. The van der Waals surface area contributed by atoms with E-state index in [1.807, 2.05) is 36.5 Å². The van der Waals surface area contributed by atoms with E-state index >= 15 is 0 Å². The number of fused-ring (bicyclic) bond motifs is 1. The molecule has 0 aliphatic heterocycles. The van der Waals surface area contributed by atoms with Gasteiger partial charge in [-0.25, -0.2) is 0 Å². The molecule has 4 nitrogen and oxygen atoms in total. The maximum Gasteiger partial charge on any atom is 0.135 e. The summed E-state index contributed by atoms with van der Waals surface area (Å²) in [6, 6.07) is 32.4. The monoisotopic (exact) mass is 683 g/mol. The fourth-order valence-corrected chi connectivity index (χ4v) is 4.10. The first-order chi connectivity index (χ1) is 17.8. The smallest absolute Gasteiger partial charge is 0.135 e. The van der Waals surface area contributed by atoms with Crippen molar-refractivity contribution < 1.29 is 34.4 Å². The van der Waals surface area contributed by atoms with Gasteiger partial charge in [0.2, 0.25) is 0 Å². The second-order valence-electron chi connectivity index (χ2n) is 9.61. The Kier molecular flexibility index (Phi) is 10.3. The summed E-state index contributed by atoms with van der Waals surface area (Å²) in [5.74, 6) is 1.42. The maximum absolute atomic E-state index is 10.1. The van der Waals surface area contributed by atoms with Crippen molar-refractivity contribution in [2.45, 2.75) is 46.1 Å². The average Bonchev–Trinajstić information content (AvgIpc) is 3.32. The summed E-state index contributed by atoms with van der Waals surface area (Å²) in [6.07, 6.45) is 1.68. The quantitative estimate of drug-likeness (QED) is 0.184. The molecule has 0 aliphatic rings. The minimum Gasteiger partial charge on any atom is -0.457 e. The van der Waals surface area contributed by atoms with E-state index in [9.17, 15) is 4.79 Å². The minimum atomic E-state index is -0.475. The van der Waals surface area contributed by atoms with Crippen LogP contribution in [0.5, 0.6) is 0 Å². The Morgan fingerprint density at radius 2 is 1.63 bits per heavy atom. The number of ketones is 1. The minimum absolute atomic E-state index is 0. The van der Waals surface area contributed by atoms with Gasteiger partial charge in [-0.2, -0.15) is 0 Å². The summed E-state index contributed by atoms with van der Waals surface area (Å²) >= 11 is 0. The predicted molar refractivity (Wildman–Crippen MR) is 150 cm³/mol. The van der Waals surface area contributed by atoms with E-state index in [2.05, 4.69) is 79.5 Å². The summed E-state index contributed by atoms with van der Waals surface area (Å²) in [6.45, 7) is 7.47. The third-order valence-electron chi connectivity index (χ3n) is 6.03. The number of aromatic nitrogens is 1. The molecule has 2 aromatic heterocycles. The second-order valence-corrected chi connectivity index (χ2v) is 9.61. The molecule has 1 unspecified atom stereocenters. The number of aliphatic hydroxyl groups is 1. The topological polar surface area (TPSA) is 63.3 Å². The zero-order valence-electron chi connectivity index (χ0n) is 22.1. The van der Waals surface area contributed by atoms with Crippen molar-refractivity contribution in [2.75, 3.05) is 0 Å². The number of carbonyl (C=O) groups excluding carboxylic acids is 1. The van der Waals surface area contributed by atoms with Crippen molar-refractivity contribution in [1.29, 1.82) is 0 Å². The van der Waals surface area contributed by atoms with E-state index in [4.69, 9.17) is 9.52 Å². The summed E-state index contributed by atoms with van der Waals surface area (Å²) in [4.78, 5) is 14.8. The van der Waals surface area contributed by atoms with Gasteiger partial charge in [-0.1, -0.05) is 68.4 Å². The second kappa shape index (κ2) is 13.4. The Morgan fingerprint density at radius 1 is 0.921 bits per heavy atom. The maximum atomic E-state index is 10.1. The molecule has 5 rings (SSSR count). The van der Waals surface area contributed by atoms with Crippen LogP contribution in [0.1, 0.15) is 45.6 Å². The Morgan fingerprint density at radius 3 is 2.24 bits per heavy atom. The van der Waals surface area contributed by atoms with E-state index in [0.29, 0.717) is 5.92 Å². The number of Topliss-reactive ketones (excluding diaryl/α,β-unsaturated/α-hetero) is 1. The van der Waals surface area contributed by atoms with Crippen LogP contribution in [0.4, 0.5) is 0 Å². The van der Waals surface area contributed by atoms with Gasteiger partial charge >= 0.3 is 0 Å². The molecule has 3 aromatic carbocycles. The van der Waals surface area contributed by atoms with Crippen LogP contribution in [0, 0.1) is 6.07 Å².